The average molecular weight is 390 g/mol. The average Bonchev–Trinajstić information content (AvgIpc) is 3.15. The molecule has 2 heterocycles. The molecule has 2 N–H and O–H groups in total. The second-order valence-corrected chi connectivity index (χ2v) is 6.61. The second-order valence-electron chi connectivity index (χ2n) is 6.61. The minimum atomic E-state index is -4.78. The highest BCUT2D eigenvalue weighted by Crippen LogP contribution is 2.42. The number of nitrogens with zero attached hydrogens (tertiary/aromatic N) is 2. The molecule has 0 atom stereocenters. The summed E-state index contributed by atoms with van der Waals surface area (Å²) in [6.07, 6.45) is -4.78. The smallest absolute Gasteiger partial charge is 0.494 e. The highest BCUT2D eigenvalue weighted by atomic mass is 19.4. The summed E-state index contributed by atoms with van der Waals surface area (Å²) in [6.45, 7) is 1.61. The molecule has 5 nitrogen and oxygen atoms in total. The van der Waals surface area contributed by atoms with Crippen molar-refractivity contribution in [2.24, 2.45) is 0 Å². The van der Waals surface area contributed by atoms with E-state index in [0.29, 0.717) is 36.4 Å². The fraction of sp³-hybridized carbons (Fsp3) is 0.200. The Balaban J connectivity index is 1.55. The van der Waals surface area contributed by atoms with Crippen LogP contribution in [0.2, 0.25) is 0 Å². The largest absolute Gasteiger partial charge is 0.573 e. The number of hydrogen-bond acceptors (Lipinski definition) is 4. The van der Waals surface area contributed by atoms with E-state index < -0.39 is 6.36 Å². The molecule has 0 amide bonds. The topological polar surface area (TPSA) is 57.9 Å². The van der Waals surface area contributed by atoms with Gasteiger partial charge in [-0.2, -0.15) is 0 Å². The maximum absolute atomic E-state index is 12.3. The van der Waals surface area contributed by atoms with Gasteiger partial charge in [-0.25, -0.2) is 0 Å². The van der Waals surface area contributed by atoms with E-state index >= 15 is 0 Å². The van der Waals surface area contributed by atoms with E-state index in [2.05, 4.69) is 9.64 Å². The molecule has 0 spiro atoms. The summed E-state index contributed by atoms with van der Waals surface area (Å²) in [5.74, 6) is -0.607. The zero-order chi connectivity index (χ0) is 19.9. The molecule has 4 rings (SSSR count). The zero-order valence-electron chi connectivity index (χ0n) is 14.6. The molecular formula is C20H17F3N2O3. The van der Waals surface area contributed by atoms with E-state index in [1.807, 2.05) is 30.3 Å². The van der Waals surface area contributed by atoms with Crippen molar-refractivity contribution in [3.63, 3.8) is 0 Å². The predicted octanol–water partition coefficient (Wildman–Crippen LogP) is 4.30. The summed E-state index contributed by atoms with van der Waals surface area (Å²) >= 11 is 0. The SMILES string of the molecule is Oc1c2c(c(O)n1-c1ccc(OC(F)(F)F)cc1)CN(Cc1ccccc1)C2. The van der Waals surface area contributed by atoms with Gasteiger partial charge in [0.2, 0.25) is 11.8 Å². The van der Waals surface area contributed by atoms with Gasteiger partial charge in [-0.05, 0) is 29.8 Å². The van der Waals surface area contributed by atoms with Crippen LogP contribution in [0, 0.1) is 0 Å². The van der Waals surface area contributed by atoms with Gasteiger partial charge in [0.25, 0.3) is 0 Å². The molecule has 0 radical (unpaired) electrons. The molecule has 0 saturated carbocycles. The van der Waals surface area contributed by atoms with Crippen molar-refractivity contribution >= 4 is 0 Å². The highest BCUT2D eigenvalue weighted by Gasteiger charge is 2.32. The van der Waals surface area contributed by atoms with Crippen LogP contribution >= 0.6 is 0 Å². The Morgan fingerprint density at radius 2 is 1.43 bits per heavy atom. The van der Waals surface area contributed by atoms with Gasteiger partial charge in [-0.1, -0.05) is 30.3 Å². The lowest BCUT2D eigenvalue weighted by atomic mass is 10.2. The van der Waals surface area contributed by atoms with E-state index in [-0.39, 0.29) is 17.5 Å². The van der Waals surface area contributed by atoms with Crippen LogP contribution in [0.5, 0.6) is 17.5 Å². The fourth-order valence-corrected chi connectivity index (χ4v) is 3.47. The third kappa shape index (κ3) is 3.50. The first-order valence-corrected chi connectivity index (χ1v) is 8.58. The molecule has 2 aromatic carbocycles. The second kappa shape index (κ2) is 6.79. The fourth-order valence-electron chi connectivity index (χ4n) is 3.47. The van der Waals surface area contributed by atoms with Gasteiger partial charge in [0.15, 0.2) is 0 Å². The third-order valence-electron chi connectivity index (χ3n) is 4.67. The van der Waals surface area contributed by atoms with E-state index in [9.17, 15) is 23.4 Å². The van der Waals surface area contributed by atoms with Gasteiger partial charge in [0.1, 0.15) is 5.75 Å². The van der Waals surface area contributed by atoms with E-state index in [0.717, 1.165) is 17.7 Å². The van der Waals surface area contributed by atoms with Crippen LogP contribution in [-0.2, 0) is 19.6 Å². The van der Waals surface area contributed by atoms with Crippen molar-refractivity contribution in [3.8, 4) is 23.2 Å². The standard InChI is InChI=1S/C20H17F3N2O3/c21-20(22,23)28-15-8-6-14(7-9-15)25-18(26)16-11-24(12-17(16)19(25)27)10-13-4-2-1-3-5-13/h1-9,26-27H,10-12H2. The minimum absolute atomic E-state index is 0.118. The first kappa shape index (κ1) is 18.2. The Morgan fingerprint density at radius 1 is 0.857 bits per heavy atom. The van der Waals surface area contributed by atoms with Crippen LogP contribution in [-0.4, -0.2) is 26.0 Å². The molecule has 0 unspecified atom stereocenters. The quantitative estimate of drug-likeness (QED) is 0.697. The van der Waals surface area contributed by atoms with Crippen molar-refractivity contribution in [2.75, 3.05) is 0 Å². The molecule has 0 bridgehead atoms. The van der Waals surface area contributed by atoms with Gasteiger partial charge in [0, 0.05) is 30.8 Å². The van der Waals surface area contributed by atoms with Gasteiger partial charge in [0.05, 0.1) is 5.69 Å². The third-order valence-corrected chi connectivity index (χ3v) is 4.67. The van der Waals surface area contributed by atoms with Crippen LogP contribution in [0.15, 0.2) is 54.6 Å². The molecule has 0 saturated heterocycles. The van der Waals surface area contributed by atoms with Crippen LogP contribution < -0.4 is 4.74 Å². The highest BCUT2D eigenvalue weighted by molar-refractivity contribution is 5.54. The number of aromatic nitrogens is 1. The molecule has 0 aliphatic carbocycles. The van der Waals surface area contributed by atoms with Crippen LogP contribution in [0.4, 0.5) is 13.2 Å². The summed E-state index contributed by atoms with van der Waals surface area (Å²) < 4.78 is 41.9. The maximum Gasteiger partial charge on any atom is 0.573 e. The zero-order valence-corrected chi connectivity index (χ0v) is 14.6. The Hall–Kier alpha value is -3.13. The van der Waals surface area contributed by atoms with Crippen molar-refractivity contribution in [2.45, 2.75) is 26.0 Å². The number of fused-ring (bicyclic) bond motifs is 1. The van der Waals surface area contributed by atoms with Crippen LogP contribution in [0.25, 0.3) is 5.69 Å². The van der Waals surface area contributed by atoms with E-state index in [1.165, 1.54) is 16.7 Å². The molecule has 0 fully saturated rings. The number of rotatable bonds is 4. The van der Waals surface area contributed by atoms with E-state index in [1.54, 1.807) is 0 Å². The summed E-state index contributed by atoms with van der Waals surface area (Å²) in [7, 11) is 0. The van der Waals surface area contributed by atoms with Crippen molar-refractivity contribution in [3.05, 3.63) is 71.3 Å². The monoisotopic (exact) mass is 390 g/mol. The Bertz CT molecular complexity index is 953. The summed E-state index contributed by atoms with van der Waals surface area (Å²) in [6, 6.07) is 14.8. The summed E-state index contributed by atoms with van der Waals surface area (Å²) in [5, 5.41) is 21.2. The summed E-state index contributed by atoms with van der Waals surface area (Å²) in [5.41, 5.74) is 2.70. The molecule has 1 aliphatic rings. The molecule has 1 aliphatic heterocycles. The minimum Gasteiger partial charge on any atom is -0.494 e. The number of hydrogen-bond donors (Lipinski definition) is 2. The van der Waals surface area contributed by atoms with E-state index in [4.69, 9.17) is 0 Å². The first-order chi connectivity index (χ1) is 13.3. The lowest BCUT2D eigenvalue weighted by molar-refractivity contribution is -0.274. The Kier molecular flexibility index (Phi) is 4.43. The number of ether oxygens (including phenoxy) is 1. The lowest BCUT2D eigenvalue weighted by Crippen LogP contribution is -2.17. The number of halogens is 3. The molecule has 146 valence electrons. The van der Waals surface area contributed by atoms with Gasteiger partial charge >= 0.3 is 6.36 Å². The Labute approximate surface area is 158 Å². The number of alkyl halides is 3. The van der Waals surface area contributed by atoms with Crippen LogP contribution in [0.1, 0.15) is 16.7 Å². The van der Waals surface area contributed by atoms with Crippen molar-refractivity contribution < 1.29 is 28.1 Å². The van der Waals surface area contributed by atoms with Gasteiger partial charge < -0.3 is 14.9 Å². The molecule has 1 aromatic heterocycles. The summed E-state index contributed by atoms with van der Waals surface area (Å²) in [4.78, 5) is 2.09. The lowest BCUT2D eigenvalue weighted by Gasteiger charge is -2.17. The van der Waals surface area contributed by atoms with Gasteiger partial charge in [-0.3, -0.25) is 9.47 Å². The van der Waals surface area contributed by atoms with Crippen molar-refractivity contribution in [1.29, 1.82) is 0 Å². The molecule has 28 heavy (non-hydrogen) atoms. The normalized spacial score (nSPS) is 14.2. The number of benzene rings is 2. The number of aromatic hydroxyl groups is 2. The maximum atomic E-state index is 12.3. The van der Waals surface area contributed by atoms with Crippen LogP contribution in [0.3, 0.4) is 0 Å². The molecular weight excluding hydrogens is 373 g/mol. The predicted molar refractivity (Wildman–Crippen MR) is 95.2 cm³/mol. The van der Waals surface area contributed by atoms with Gasteiger partial charge in [-0.15, -0.1) is 13.2 Å². The Morgan fingerprint density at radius 3 is 1.96 bits per heavy atom. The molecule has 8 heteroatoms. The first-order valence-electron chi connectivity index (χ1n) is 8.58. The van der Waals surface area contributed by atoms with Crippen molar-refractivity contribution in [1.82, 2.24) is 9.47 Å². The molecule has 3 aromatic rings.